The second-order valence-corrected chi connectivity index (χ2v) is 6.82. The highest BCUT2D eigenvalue weighted by atomic mass is 32.2. The molecule has 6 nitrogen and oxygen atoms in total. The molecule has 2 heterocycles. The van der Waals surface area contributed by atoms with Crippen LogP contribution in [0.5, 0.6) is 5.75 Å². The van der Waals surface area contributed by atoms with Crippen LogP contribution in [-0.4, -0.2) is 36.3 Å². The van der Waals surface area contributed by atoms with Crippen LogP contribution < -0.4 is 4.74 Å². The van der Waals surface area contributed by atoms with Gasteiger partial charge in [0.25, 0.3) is 10.0 Å². The normalized spacial score (nSPS) is 19.8. The van der Waals surface area contributed by atoms with Gasteiger partial charge in [-0.2, -0.15) is 4.31 Å². The first-order valence-corrected chi connectivity index (χ1v) is 8.21. The summed E-state index contributed by atoms with van der Waals surface area (Å²) in [4.78, 5) is 6.49. The van der Waals surface area contributed by atoms with Crippen molar-refractivity contribution >= 4 is 10.0 Å². The standard InChI is InChI=1S/C14H17N3O3S/c1-20-12-6-4-11(5-7-12)13-3-2-8-17(13)21(18,19)14-9-15-10-16-14/h4-7,9-10,13H,2-3,8H2,1H3,(H,15,16)/t13-/m0/s1. The molecule has 0 unspecified atom stereocenters. The van der Waals surface area contributed by atoms with Crippen molar-refractivity contribution in [2.45, 2.75) is 23.9 Å². The average Bonchev–Trinajstić information content (AvgIpc) is 3.19. The van der Waals surface area contributed by atoms with Crippen molar-refractivity contribution in [3.05, 3.63) is 42.4 Å². The number of hydrogen-bond acceptors (Lipinski definition) is 4. The molecule has 0 radical (unpaired) electrons. The molecule has 1 fully saturated rings. The van der Waals surface area contributed by atoms with Gasteiger partial charge < -0.3 is 9.72 Å². The van der Waals surface area contributed by atoms with Gasteiger partial charge in [-0.3, -0.25) is 0 Å². The van der Waals surface area contributed by atoms with Crippen LogP contribution in [0.3, 0.4) is 0 Å². The Morgan fingerprint density at radius 1 is 1.33 bits per heavy atom. The zero-order valence-electron chi connectivity index (χ0n) is 11.7. The minimum Gasteiger partial charge on any atom is -0.497 e. The molecule has 1 aliphatic heterocycles. The number of imidazole rings is 1. The van der Waals surface area contributed by atoms with Crippen molar-refractivity contribution in [2.24, 2.45) is 0 Å². The van der Waals surface area contributed by atoms with Gasteiger partial charge in [0.2, 0.25) is 0 Å². The lowest BCUT2D eigenvalue weighted by Gasteiger charge is -2.23. The summed E-state index contributed by atoms with van der Waals surface area (Å²) in [6.07, 6.45) is 4.40. The third-order valence-electron chi connectivity index (χ3n) is 3.76. The molecule has 21 heavy (non-hydrogen) atoms. The third kappa shape index (κ3) is 2.54. The summed E-state index contributed by atoms with van der Waals surface area (Å²) in [6, 6.07) is 7.42. The smallest absolute Gasteiger partial charge is 0.260 e. The first-order valence-electron chi connectivity index (χ1n) is 6.77. The van der Waals surface area contributed by atoms with Gasteiger partial charge in [0.05, 0.1) is 25.7 Å². The number of nitrogens with zero attached hydrogens (tertiary/aromatic N) is 2. The molecule has 1 saturated heterocycles. The molecule has 112 valence electrons. The van der Waals surface area contributed by atoms with E-state index in [1.807, 2.05) is 24.3 Å². The molecule has 0 spiro atoms. The molecule has 1 aromatic carbocycles. The zero-order chi connectivity index (χ0) is 14.9. The molecule has 0 aliphatic carbocycles. The lowest BCUT2D eigenvalue weighted by Crippen LogP contribution is -2.30. The number of sulfonamides is 1. The van der Waals surface area contributed by atoms with E-state index in [1.165, 1.54) is 12.5 Å². The van der Waals surface area contributed by atoms with Crippen LogP contribution in [0.2, 0.25) is 0 Å². The van der Waals surface area contributed by atoms with Crippen molar-refractivity contribution in [3.63, 3.8) is 0 Å². The van der Waals surface area contributed by atoms with Gasteiger partial charge in [0, 0.05) is 6.54 Å². The van der Waals surface area contributed by atoms with E-state index < -0.39 is 10.0 Å². The summed E-state index contributed by atoms with van der Waals surface area (Å²) in [5.74, 6) is 0.764. The predicted molar refractivity (Wildman–Crippen MR) is 77.4 cm³/mol. The maximum Gasteiger partial charge on any atom is 0.260 e. The Labute approximate surface area is 123 Å². The largest absolute Gasteiger partial charge is 0.497 e. The van der Waals surface area contributed by atoms with Gasteiger partial charge in [-0.25, -0.2) is 13.4 Å². The Kier molecular flexibility index (Phi) is 3.69. The second kappa shape index (κ2) is 5.50. The van der Waals surface area contributed by atoms with Crippen LogP contribution >= 0.6 is 0 Å². The fourth-order valence-electron chi connectivity index (χ4n) is 2.70. The molecule has 7 heteroatoms. The molecule has 2 aromatic rings. The van der Waals surface area contributed by atoms with Crippen molar-refractivity contribution in [3.8, 4) is 5.75 Å². The Balaban J connectivity index is 1.92. The second-order valence-electron chi connectivity index (χ2n) is 4.96. The fourth-order valence-corrected chi connectivity index (χ4v) is 4.28. The molecule has 0 amide bonds. The van der Waals surface area contributed by atoms with Crippen molar-refractivity contribution in [1.82, 2.24) is 14.3 Å². The van der Waals surface area contributed by atoms with E-state index in [9.17, 15) is 8.42 Å². The van der Waals surface area contributed by atoms with Crippen LogP contribution in [0.1, 0.15) is 24.4 Å². The summed E-state index contributed by atoms with van der Waals surface area (Å²) in [6.45, 7) is 0.526. The number of aromatic nitrogens is 2. The van der Waals surface area contributed by atoms with E-state index >= 15 is 0 Å². The zero-order valence-corrected chi connectivity index (χ0v) is 12.5. The number of hydrogen-bond donors (Lipinski definition) is 1. The lowest BCUT2D eigenvalue weighted by molar-refractivity contribution is 0.393. The molecule has 3 rings (SSSR count). The molecule has 1 N–H and O–H groups in total. The van der Waals surface area contributed by atoms with E-state index in [0.29, 0.717) is 6.54 Å². The third-order valence-corrected chi connectivity index (χ3v) is 5.60. The SMILES string of the molecule is COc1ccc([C@@H]2CCCN2S(=O)(=O)c2cnc[nH]2)cc1. The maximum atomic E-state index is 12.6. The van der Waals surface area contributed by atoms with Crippen molar-refractivity contribution in [2.75, 3.05) is 13.7 Å². The van der Waals surface area contributed by atoms with Crippen LogP contribution in [-0.2, 0) is 10.0 Å². The minimum absolute atomic E-state index is 0.135. The Morgan fingerprint density at radius 3 is 2.71 bits per heavy atom. The Bertz CT molecular complexity index is 696. The van der Waals surface area contributed by atoms with E-state index in [2.05, 4.69) is 9.97 Å². The van der Waals surface area contributed by atoms with E-state index in [-0.39, 0.29) is 11.1 Å². The van der Waals surface area contributed by atoms with Gasteiger partial charge >= 0.3 is 0 Å². The number of aromatic amines is 1. The molecule has 0 saturated carbocycles. The first kappa shape index (κ1) is 14.1. The topological polar surface area (TPSA) is 75.3 Å². The fraction of sp³-hybridized carbons (Fsp3) is 0.357. The Hall–Kier alpha value is -1.86. The van der Waals surface area contributed by atoms with Gasteiger partial charge in [0.15, 0.2) is 5.03 Å². The van der Waals surface area contributed by atoms with Crippen LogP contribution in [0.15, 0.2) is 41.8 Å². The quantitative estimate of drug-likeness (QED) is 0.936. The Morgan fingerprint density at radius 2 is 2.10 bits per heavy atom. The number of methoxy groups -OCH3 is 1. The van der Waals surface area contributed by atoms with E-state index in [0.717, 1.165) is 24.2 Å². The number of nitrogens with one attached hydrogen (secondary N) is 1. The molecular formula is C14H17N3O3S. The monoisotopic (exact) mass is 307 g/mol. The van der Waals surface area contributed by atoms with E-state index in [4.69, 9.17) is 4.74 Å². The van der Waals surface area contributed by atoms with Crippen molar-refractivity contribution in [1.29, 1.82) is 0 Å². The summed E-state index contributed by atoms with van der Waals surface area (Å²) in [7, 11) is -1.91. The number of rotatable bonds is 4. The highest BCUT2D eigenvalue weighted by Crippen LogP contribution is 2.36. The number of benzene rings is 1. The lowest BCUT2D eigenvalue weighted by atomic mass is 10.1. The van der Waals surface area contributed by atoms with Gasteiger partial charge in [-0.1, -0.05) is 12.1 Å². The van der Waals surface area contributed by atoms with Crippen molar-refractivity contribution < 1.29 is 13.2 Å². The highest BCUT2D eigenvalue weighted by Gasteiger charge is 2.36. The van der Waals surface area contributed by atoms with E-state index in [1.54, 1.807) is 11.4 Å². The molecule has 1 aromatic heterocycles. The average molecular weight is 307 g/mol. The minimum atomic E-state index is -3.52. The van der Waals surface area contributed by atoms with Crippen LogP contribution in [0.25, 0.3) is 0 Å². The summed E-state index contributed by atoms with van der Waals surface area (Å²) in [5.41, 5.74) is 0.983. The highest BCUT2D eigenvalue weighted by molar-refractivity contribution is 7.89. The molecular weight excluding hydrogens is 290 g/mol. The van der Waals surface area contributed by atoms with Crippen LogP contribution in [0.4, 0.5) is 0 Å². The summed E-state index contributed by atoms with van der Waals surface area (Å²) >= 11 is 0. The number of ether oxygens (including phenoxy) is 1. The molecule has 1 atom stereocenters. The van der Waals surface area contributed by atoms with Gasteiger partial charge in [0.1, 0.15) is 5.75 Å². The number of H-pyrrole nitrogens is 1. The predicted octanol–water partition coefficient (Wildman–Crippen LogP) is 1.94. The summed E-state index contributed by atoms with van der Waals surface area (Å²) < 4.78 is 31.9. The molecule has 0 bridgehead atoms. The van der Waals surface area contributed by atoms with Crippen LogP contribution in [0, 0.1) is 0 Å². The summed E-state index contributed by atoms with van der Waals surface area (Å²) in [5, 5.41) is 0.142. The molecule has 1 aliphatic rings. The van der Waals surface area contributed by atoms with Gasteiger partial charge in [-0.05, 0) is 30.5 Å². The first-order chi connectivity index (χ1) is 10.1. The maximum absolute atomic E-state index is 12.6. The van der Waals surface area contributed by atoms with Gasteiger partial charge in [-0.15, -0.1) is 0 Å².